The average molecular weight is 302 g/mol. The van der Waals surface area contributed by atoms with Gasteiger partial charge in [0.05, 0.1) is 41.7 Å². The summed E-state index contributed by atoms with van der Waals surface area (Å²) in [5.74, 6) is 0. The van der Waals surface area contributed by atoms with Crippen LogP contribution in [0.4, 0.5) is 0 Å². The Morgan fingerprint density at radius 2 is 2.25 bits per heavy atom. The third-order valence-corrected chi connectivity index (χ3v) is 4.58. The van der Waals surface area contributed by atoms with Gasteiger partial charge in [-0.2, -0.15) is 5.10 Å². The lowest BCUT2D eigenvalue weighted by Crippen LogP contribution is -2.42. The molecule has 1 heterocycles. The van der Waals surface area contributed by atoms with Crippen LogP contribution in [0.2, 0.25) is 5.02 Å². The highest BCUT2D eigenvalue weighted by Crippen LogP contribution is 2.42. The second kappa shape index (κ2) is 6.89. The minimum Gasteiger partial charge on any atom is -0.383 e. The maximum atomic E-state index is 6.33. The summed E-state index contributed by atoms with van der Waals surface area (Å²) in [5.41, 5.74) is 1.02. The SMILES string of the molecule is CNC(CC1(OC)CCC1)c1c(Cl)cnn1CCOC. The molecule has 0 amide bonds. The van der Waals surface area contributed by atoms with E-state index in [0.717, 1.165) is 25.0 Å². The van der Waals surface area contributed by atoms with E-state index >= 15 is 0 Å². The molecule has 1 aromatic rings. The summed E-state index contributed by atoms with van der Waals surface area (Å²) in [5, 5.41) is 8.40. The molecule has 0 saturated heterocycles. The van der Waals surface area contributed by atoms with E-state index in [-0.39, 0.29) is 11.6 Å². The largest absolute Gasteiger partial charge is 0.383 e. The van der Waals surface area contributed by atoms with Crippen molar-refractivity contribution in [3.05, 3.63) is 16.9 Å². The number of halogens is 1. The van der Waals surface area contributed by atoms with Crippen LogP contribution in [0, 0.1) is 0 Å². The topological polar surface area (TPSA) is 48.3 Å². The smallest absolute Gasteiger partial charge is 0.0834 e. The van der Waals surface area contributed by atoms with E-state index in [1.165, 1.54) is 6.42 Å². The molecule has 1 aliphatic carbocycles. The first kappa shape index (κ1) is 15.8. The molecular formula is C14H24ClN3O2. The van der Waals surface area contributed by atoms with E-state index in [2.05, 4.69) is 10.4 Å². The highest BCUT2D eigenvalue weighted by molar-refractivity contribution is 6.31. The number of nitrogens with zero attached hydrogens (tertiary/aromatic N) is 2. The highest BCUT2D eigenvalue weighted by Gasteiger charge is 2.40. The fourth-order valence-electron chi connectivity index (χ4n) is 2.84. The van der Waals surface area contributed by atoms with Crippen LogP contribution in [0.5, 0.6) is 0 Å². The molecule has 1 atom stereocenters. The van der Waals surface area contributed by atoms with Gasteiger partial charge in [-0.05, 0) is 32.7 Å². The number of nitrogens with one attached hydrogen (secondary N) is 1. The van der Waals surface area contributed by atoms with Gasteiger partial charge in [0.2, 0.25) is 0 Å². The molecule has 0 aromatic carbocycles. The van der Waals surface area contributed by atoms with Crippen LogP contribution in [0.3, 0.4) is 0 Å². The number of hydrogen-bond donors (Lipinski definition) is 1. The van der Waals surface area contributed by atoms with Crippen molar-refractivity contribution < 1.29 is 9.47 Å². The number of ether oxygens (including phenoxy) is 2. The van der Waals surface area contributed by atoms with Crippen LogP contribution < -0.4 is 5.32 Å². The molecule has 1 aliphatic rings. The van der Waals surface area contributed by atoms with Gasteiger partial charge < -0.3 is 14.8 Å². The van der Waals surface area contributed by atoms with Gasteiger partial charge >= 0.3 is 0 Å². The summed E-state index contributed by atoms with van der Waals surface area (Å²) >= 11 is 6.33. The van der Waals surface area contributed by atoms with Crippen LogP contribution in [0.1, 0.15) is 37.4 Å². The summed E-state index contributed by atoms with van der Waals surface area (Å²) in [6.45, 7) is 1.33. The van der Waals surface area contributed by atoms with Crippen LogP contribution in [0.25, 0.3) is 0 Å². The molecule has 2 rings (SSSR count). The van der Waals surface area contributed by atoms with E-state index in [4.69, 9.17) is 21.1 Å². The van der Waals surface area contributed by atoms with Crippen molar-refractivity contribution in [1.29, 1.82) is 0 Å². The van der Waals surface area contributed by atoms with Crippen LogP contribution in [-0.4, -0.2) is 43.3 Å². The minimum absolute atomic E-state index is 0.00659. The van der Waals surface area contributed by atoms with Gasteiger partial charge in [-0.3, -0.25) is 4.68 Å². The molecule has 0 aliphatic heterocycles. The van der Waals surface area contributed by atoms with Gasteiger partial charge in [-0.25, -0.2) is 0 Å². The minimum atomic E-state index is -0.00659. The van der Waals surface area contributed by atoms with Crippen molar-refractivity contribution in [1.82, 2.24) is 15.1 Å². The monoisotopic (exact) mass is 301 g/mol. The molecule has 1 fully saturated rings. The Morgan fingerprint density at radius 1 is 1.50 bits per heavy atom. The van der Waals surface area contributed by atoms with Gasteiger partial charge in [-0.15, -0.1) is 0 Å². The predicted molar refractivity (Wildman–Crippen MR) is 79.1 cm³/mol. The Kier molecular flexibility index (Phi) is 5.43. The third kappa shape index (κ3) is 3.17. The zero-order valence-corrected chi connectivity index (χ0v) is 13.2. The van der Waals surface area contributed by atoms with E-state index in [9.17, 15) is 0 Å². The first-order valence-electron chi connectivity index (χ1n) is 7.08. The van der Waals surface area contributed by atoms with Crippen molar-refractivity contribution >= 4 is 11.6 Å². The molecule has 1 saturated carbocycles. The Morgan fingerprint density at radius 3 is 2.75 bits per heavy atom. The van der Waals surface area contributed by atoms with Crippen molar-refractivity contribution in [3.63, 3.8) is 0 Å². The van der Waals surface area contributed by atoms with Crippen LogP contribution in [-0.2, 0) is 16.0 Å². The molecule has 1 aromatic heterocycles. The second-order valence-electron chi connectivity index (χ2n) is 5.38. The average Bonchev–Trinajstić information content (AvgIpc) is 2.78. The zero-order valence-electron chi connectivity index (χ0n) is 12.5. The Bertz CT molecular complexity index is 427. The maximum Gasteiger partial charge on any atom is 0.0834 e. The molecule has 0 radical (unpaired) electrons. The molecule has 0 bridgehead atoms. The summed E-state index contributed by atoms with van der Waals surface area (Å²) in [7, 11) is 5.45. The van der Waals surface area contributed by atoms with Gasteiger partial charge in [0.15, 0.2) is 0 Å². The fraction of sp³-hybridized carbons (Fsp3) is 0.786. The highest BCUT2D eigenvalue weighted by atomic mass is 35.5. The summed E-state index contributed by atoms with van der Waals surface area (Å²) in [4.78, 5) is 0. The van der Waals surface area contributed by atoms with Crippen molar-refractivity contribution in [2.75, 3.05) is 27.9 Å². The number of aromatic nitrogens is 2. The Balaban J connectivity index is 2.16. The summed E-state index contributed by atoms with van der Waals surface area (Å²) < 4.78 is 12.8. The maximum absolute atomic E-state index is 6.33. The lowest BCUT2D eigenvalue weighted by atomic mass is 9.75. The predicted octanol–water partition coefficient (Wildman–Crippen LogP) is 2.40. The zero-order chi connectivity index (χ0) is 14.6. The lowest BCUT2D eigenvalue weighted by molar-refractivity contribution is -0.0839. The van der Waals surface area contributed by atoms with Gasteiger partial charge in [-0.1, -0.05) is 11.6 Å². The second-order valence-corrected chi connectivity index (χ2v) is 5.79. The number of hydrogen-bond acceptors (Lipinski definition) is 4. The molecule has 20 heavy (non-hydrogen) atoms. The number of methoxy groups -OCH3 is 2. The lowest BCUT2D eigenvalue weighted by Gasteiger charge is -2.42. The van der Waals surface area contributed by atoms with Gasteiger partial charge in [0.1, 0.15) is 0 Å². The molecule has 6 heteroatoms. The number of rotatable bonds is 8. The molecular weight excluding hydrogens is 278 g/mol. The molecule has 1 unspecified atom stereocenters. The van der Waals surface area contributed by atoms with Crippen molar-refractivity contribution in [3.8, 4) is 0 Å². The van der Waals surface area contributed by atoms with Crippen LogP contribution in [0.15, 0.2) is 6.20 Å². The molecule has 0 spiro atoms. The summed E-state index contributed by atoms with van der Waals surface area (Å²) in [6.07, 6.45) is 6.09. The van der Waals surface area contributed by atoms with E-state index < -0.39 is 0 Å². The Hall–Kier alpha value is -0.620. The standard InChI is InChI=1S/C14H24ClN3O2/c1-16-12(9-14(20-3)5-4-6-14)13-11(15)10-17-18(13)7-8-19-2/h10,12,16H,4-9H2,1-3H3. The fourth-order valence-corrected chi connectivity index (χ4v) is 3.12. The van der Waals surface area contributed by atoms with Gasteiger partial charge in [0.25, 0.3) is 0 Å². The first-order valence-corrected chi connectivity index (χ1v) is 7.46. The van der Waals surface area contributed by atoms with Crippen molar-refractivity contribution in [2.45, 2.75) is 43.9 Å². The molecule has 114 valence electrons. The summed E-state index contributed by atoms with van der Waals surface area (Å²) in [6, 6.07) is 0.141. The quantitative estimate of drug-likeness (QED) is 0.801. The van der Waals surface area contributed by atoms with E-state index in [0.29, 0.717) is 18.2 Å². The third-order valence-electron chi connectivity index (χ3n) is 4.29. The molecule has 1 N–H and O–H groups in total. The van der Waals surface area contributed by atoms with E-state index in [1.807, 2.05) is 11.7 Å². The van der Waals surface area contributed by atoms with Crippen LogP contribution >= 0.6 is 11.6 Å². The normalized spacial score (nSPS) is 18.8. The van der Waals surface area contributed by atoms with Gasteiger partial charge in [0, 0.05) is 14.2 Å². The Labute approximate surface area is 125 Å². The van der Waals surface area contributed by atoms with E-state index in [1.54, 1.807) is 20.4 Å². The molecule has 5 nitrogen and oxygen atoms in total. The van der Waals surface area contributed by atoms with Crippen molar-refractivity contribution in [2.24, 2.45) is 0 Å². The first-order chi connectivity index (χ1) is 9.65.